The van der Waals surface area contributed by atoms with Crippen molar-refractivity contribution in [3.63, 3.8) is 0 Å². The van der Waals surface area contributed by atoms with Gasteiger partial charge in [0, 0.05) is 25.6 Å². The number of likely N-dealkylation sites (tertiary alicyclic amines) is 1. The monoisotopic (exact) mass is 344 g/mol. The first-order chi connectivity index (χ1) is 11.9. The molecule has 2 aliphatic heterocycles. The Morgan fingerprint density at radius 2 is 1.64 bits per heavy atom. The van der Waals surface area contributed by atoms with Gasteiger partial charge in [0.2, 0.25) is 5.91 Å². The maximum absolute atomic E-state index is 12.6. The van der Waals surface area contributed by atoms with Gasteiger partial charge in [0.25, 0.3) is 0 Å². The van der Waals surface area contributed by atoms with Gasteiger partial charge in [0.1, 0.15) is 0 Å². The molecule has 0 bridgehead atoms. The molecule has 4 nitrogen and oxygen atoms in total. The van der Waals surface area contributed by atoms with Crippen molar-refractivity contribution in [2.45, 2.75) is 45.6 Å². The lowest BCUT2D eigenvalue weighted by molar-refractivity contribution is -0.141. The molecule has 1 aromatic rings. The lowest BCUT2D eigenvalue weighted by Gasteiger charge is -2.35. The Labute approximate surface area is 152 Å². The number of hydrogen-bond donors (Lipinski definition) is 0. The Kier molecular flexibility index (Phi) is 5.80. The molecule has 1 aromatic carbocycles. The number of benzene rings is 1. The van der Waals surface area contributed by atoms with Gasteiger partial charge in [-0.15, -0.1) is 0 Å². The quantitative estimate of drug-likeness (QED) is 0.845. The fraction of sp³-hybridized carbons (Fsp3) is 0.667. The first-order valence-corrected chi connectivity index (χ1v) is 9.62. The van der Waals surface area contributed by atoms with Crippen molar-refractivity contribution in [1.82, 2.24) is 9.80 Å². The Hall–Kier alpha value is -1.39. The summed E-state index contributed by atoms with van der Waals surface area (Å²) in [7, 11) is 0. The number of rotatable bonds is 3. The van der Waals surface area contributed by atoms with Crippen molar-refractivity contribution in [1.29, 1.82) is 0 Å². The number of ether oxygens (including phenoxy) is 1. The van der Waals surface area contributed by atoms with Crippen LogP contribution in [0.25, 0.3) is 0 Å². The summed E-state index contributed by atoms with van der Waals surface area (Å²) >= 11 is 0. The standard InChI is InChI=1S/C21H32N2O2/c1-21(2,3)19-6-4-17(5-7-19)16-22-10-8-18(9-11-22)20(24)23-12-14-25-15-13-23/h4-7,18H,8-16H2,1-3H3. The number of carbonyl (C=O) groups excluding carboxylic acids is 1. The van der Waals surface area contributed by atoms with Gasteiger partial charge >= 0.3 is 0 Å². The number of morpholine rings is 1. The summed E-state index contributed by atoms with van der Waals surface area (Å²) in [5, 5.41) is 0. The van der Waals surface area contributed by atoms with E-state index in [1.54, 1.807) is 0 Å². The molecule has 0 N–H and O–H groups in total. The minimum atomic E-state index is 0.205. The van der Waals surface area contributed by atoms with E-state index in [2.05, 4.69) is 49.9 Å². The highest BCUT2D eigenvalue weighted by Gasteiger charge is 2.29. The van der Waals surface area contributed by atoms with Crippen LogP contribution in [0.4, 0.5) is 0 Å². The molecule has 2 fully saturated rings. The summed E-state index contributed by atoms with van der Waals surface area (Å²) in [6, 6.07) is 9.02. The van der Waals surface area contributed by atoms with Crippen LogP contribution in [0.15, 0.2) is 24.3 Å². The second-order valence-corrected chi connectivity index (χ2v) is 8.44. The summed E-state index contributed by atoms with van der Waals surface area (Å²) in [5.74, 6) is 0.551. The van der Waals surface area contributed by atoms with Crippen molar-refractivity contribution in [3.05, 3.63) is 35.4 Å². The van der Waals surface area contributed by atoms with E-state index in [4.69, 9.17) is 4.74 Å². The number of hydrogen-bond acceptors (Lipinski definition) is 3. The summed E-state index contributed by atoms with van der Waals surface area (Å²) in [6.45, 7) is 12.7. The van der Waals surface area contributed by atoms with E-state index in [0.29, 0.717) is 19.1 Å². The zero-order valence-corrected chi connectivity index (χ0v) is 16.0. The summed E-state index contributed by atoms with van der Waals surface area (Å²) in [6.07, 6.45) is 1.96. The Balaban J connectivity index is 1.48. The molecule has 0 atom stereocenters. The van der Waals surface area contributed by atoms with Crippen LogP contribution < -0.4 is 0 Å². The number of carbonyl (C=O) groups is 1. The number of amides is 1. The van der Waals surface area contributed by atoms with Gasteiger partial charge in [-0.2, -0.15) is 0 Å². The normalized spacial score (nSPS) is 20.7. The molecular weight excluding hydrogens is 312 g/mol. The van der Waals surface area contributed by atoms with Crippen molar-refractivity contribution in [2.75, 3.05) is 39.4 Å². The van der Waals surface area contributed by atoms with Gasteiger partial charge in [0.15, 0.2) is 0 Å². The molecule has 1 amide bonds. The Bertz CT molecular complexity index is 563. The molecular formula is C21H32N2O2. The average Bonchev–Trinajstić information content (AvgIpc) is 2.62. The third-order valence-corrected chi connectivity index (χ3v) is 5.49. The van der Waals surface area contributed by atoms with Crippen LogP contribution in [-0.2, 0) is 21.5 Å². The van der Waals surface area contributed by atoms with Crippen LogP contribution >= 0.6 is 0 Å². The predicted octanol–water partition coefficient (Wildman–Crippen LogP) is 3.05. The highest BCUT2D eigenvalue weighted by atomic mass is 16.5. The van der Waals surface area contributed by atoms with Gasteiger partial charge in [0.05, 0.1) is 13.2 Å². The van der Waals surface area contributed by atoms with Crippen molar-refractivity contribution < 1.29 is 9.53 Å². The van der Waals surface area contributed by atoms with Crippen LogP contribution in [0.2, 0.25) is 0 Å². The first kappa shape index (κ1) is 18.4. The SMILES string of the molecule is CC(C)(C)c1ccc(CN2CCC(C(=O)N3CCOCC3)CC2)cc1. The first-order valence-electron chi connectivity index (χ1n) is 9.62. The van der Waals surface area contributed by atoms with E-state index in [-0.39, 0.29) is 11.3 Å². The molecule has 0 aliphatic carbocycles. The molecule has 2 aliphatic rings. The van der Waals surface area contributed by atoms with E-state index in [0.717, 1.165) is 45.6 Å². The Morgan fingerprint density at radius 3 is 2.20 bits per heavy atom. The average molecular weight is 344 g/mol. The van der Waals surface area contributed by atoms with E-state index in [1.165, 1.54) is 11.1 Å². The minimum Gasteiger partial charge on any atom is -0.378 e. The molecule has 2 saturated heterocycles. The van der Waals surface area contributed by atoms with Crippen molar-refractivity contribution >= 4 is 5.91 Å². The van der Waals surface area contributed by atoms with Gasteiger partial charge < -0.3 is 9.64 Å². The zero-order chi connectivity index (χ0) is 17.9. The highest BCUT2D eigenvalue weighted by molar-refractivity contribution is 5.79. The van der Waals surface area contributed by atoms with Crippen LogP contribution in [0.5, 0.6) is 0 Å². The second kappa shape index (κ2) is 7.88. The number of nitrogens with zero attached hydrogens (tertiary/aromatic N) is 2. The van der Waals surface area contributed by atoms with Gasteiger partial charge in [-0.1, -0.05) is 45.0 Å². The van der Waals surface area contributed by atoms with Crippen LogP contribution in [-0.4, -0.2) is 55.1 Å². The van der Waals surface area contributed by atoms with Crippen molar-refractivity contribution in [2.24, 2.45) is 5.92 Å². The topological polar surface area (TPSA) is 32.8 Å². The molecule has 138 valence electrons. The maximum atomic E-state index is 12.6. The van der Waals surface area contributed by atoms with Crippen LogP contribution in [0, 0.1) is 5.92 Å². The molecule has 4 heteroatoms. The predicted molar refractivity (Wildman–Crippen MR) is 101 cm³/mol. The largest absolute Gasteiger partial charge is 0.378 e. The molecule has 0 radical (unpaired) electrons. The lowest BCUT2D eigenvalue weighted by Crippen LogP contribution is -2.46. The summed E-state index contributed by atoms with van der Waals surface area (Å²) < 4.78 is 5.35. The third kappa shape index (κ3) is 4.83. The molecule has 0 spiro atoms. The molecule has 0 aromatic heterocycles. The zero-order valence-electron chi connectivity index (χ0n) is 16.0. The molecule has 3 rings (SSSR count). The lowest BCUT2D eigenvalue weighted by atomic mass is 9.86. The van der Waals surface area contributed by atoms with E-state index < -0.39 is 0 Å². The van der Waals surface area contributed by atoms with Crippen LogP contribution in [0.1, 0.15) is 44.7 Å². The van der Waals surface area contributed by atoms with Gasteiger partial charge in [-0.3, -0.25) is 9.69 Å². The fourth-order valence-corrected chi connectivity index (χ4v) is 3.75. The fourth-order valence-electron chi connectivity index (χ4n) is 3.75. The highest BCUT2D eigenvalue weighted by Crippen LogP contribution is 2.24. The summed E-state index contributed by atoms with van der Waals surface area (Å²) in [4.78, 5) is 17.1. The maximum Gasteiger partial charge on any atom is 0.225 e. The Morgan fingerprint density at radius 1 is 1.04 bits per heavy atom. The molecule has 0 saturated carbocycles. The molecule has 0 unspecified atom stereocenters. The van der Waals surface area contributed by atoms with Crippen molar-refractivity contribution in [3.8, 4) is 0 Å². The third-order valence-electron chi connectivity index (χ3n) is 5.49. The minimum absolute atomic E-state index is 0.205. The van der Waals surface area contributed by atoms with Gasteiger partial charge in [-0.05, 0) is 42.5 Å². The van der Waals surface area contributed by atoms with E-state index >= 15 is 0 Å². The van der Waals surface area contributed by atoms with E-state index in [1.807, 2.05) is 4.90 Å². The molecule has 2 heterocycles. The molecule has 25 heavy (non-hydrogen) atoms. The van der Waals surface area contributed by atoms with Crippen LogP contribution in [0.3, 0.4) is 0 Å². The van der Waals surface area contributed by atoms with Gasteiger partial charge in [-0.25, -0.2) is 0 Å². The smallest absolute Gasteiger partial charge is 0.225 e. The second-order valence-electron chi connectivity index (χ2n) is 8.44. The van der Waals surface area contributed by atoms with E-state index in [9.17, 15) is 4.79 Å². The number of piperidine rings is 1. The summed E-state index contributed by atoms with van der Waals surface area (Å²) in [5.41, 5.74) is 2.95.